The predicted molar refractivity (Wildman–Crippen MR) is 69.3 cm³/mol. The minimum Gasteiger partial charge on any atom is -0.373 e. The van der Waals surface area contributed by atoms with Crippen molar-refractivity contribution < 1.29 is 9.53 Å². The van der Waals surface area contributed by atoms with Gasteiger partial charge in [-0.05, 0) is 26.7 Å². The fraction of sp³-hybridized carbons (Fsp3) is 0.929. The van der Waals surface area contributed by atoms with Gasteiger partial charge in [0.05, 0.1) is 18.6 Å². The fourth-order valence-corrected chi connectivity index (χ4v) is 3.34. The Kier molecular flexibility index (Phi) is 3.32. The second kappa shape index (κ2) is 4.82. The molecule has 3 aliphatic heterocycles. The van der Waals surface area contributed by atoms with Gasteiger partial charge in [0, 0.05) is 38.1 Å². The summed E-state index contributed by atoms with van der Waals surface area (Å²) in [7, 11) is 0. The molecule has 3 rings (SSSR count). The summed E-state index contributed by atoms with van der Waals surface area (Å²) in [5.74, 6) is 0.952. The first kappa shape index (κ1) is 12.4. The quantitative estimate of drug-likeness (QED) is 0.754. The van der Waals surface area contributed by atoms with E-state index in [9.17, 15) is 4.79 Å². The van der Waals surface area contributed by atoms with Crippen LogP contribution in [0.25, 0.3) is 0 Å². The number of carbonyl (C=O) groups is 1. The van der Waals surface area contributed by atoms with E-state index in [4.69, 9.17) is 4.74 Å². The molecular weight excluding hydrogens is 228 g/mol. The molecule has 0 aromatic carbocycles. The Morgan fingerprint density at radius 2 is 2.11 bits per heavy atom. The zero-order chi connectivity index (χ0) is 12.7. The van der Waals surface area contributed by atoms with Crippen molar-refractivity contribution in [1.82, 2.24) is 9.80 Å². The van der Waals surface area contributed by atoms with E-state index in [1.807, 2.05) is 4.90 Å². The summed E-state index contributed by atoms with van der Waals surface area (Å²) in [6.07, 6.45) is 3.41. The van der Waals surface area contributed by atoms with Crippen LogP contribution in [0, 0.1) is 5.92 Å². The van der Waals surface area contributed by atoms with Gasteiger partial charge in [-0.3, -0.25) is 9.69 Å². The molecule has 0 radical (unpaired) electrons. The van der Waals surface area contributed by atoms with Gasteiger partial charge in [0.2, 0.25) is 5.91 Å². The molecule has 1 amide bonds. The van der Waals surface area contributed by atoms with Crippen LogP contribution < -0.4 is 0 Å². The first-order valence-corrected chi connectivity index (χ1v) is 7.31. The van der Waals surface area contributed by atoms with Crippen molar-refractivity contribution in [3.8, 4) is 0 Å². The molecule has 0 saturated carbocycles. The molecule has 3 heterocycles. The van der Waals surface area contributed by atoms with Crippen LogP contribution >= 0.6 is 0 Å². The largest absolute Gasteiger partial charge is 0.373 e. The molecule has 4 nitrogen and oxygen atoms in total. The third-order valence-electron chi connectivity index (χ3n) is 4.68. The number of rotatable bonds is 3. The van der Waals surface area contributed by atoms with E-state index < -0.39 is 0 Å². The Morgan fingerprint density at radius 3 is 2.67 bits per heavy atom. The third kappa shape index (κ3) is 2.28. The summed E-state index contributed by atoms with van der Waals surface area (Å²) >= 11 is 0. The number of nitrogens with zero attached hydrogens (tertiary/aromatic N) is 2. The maximum absolute atomic E-state index is 11.9. The highest BCUT2D eigenvalue weighted by Crippen LogP contribution is 2.35. The Morgan fingerprint density at radius 1 is 1.33 bits per heavy atom. The van der Waals surface area contributed by atoms with Gasteiger partial charge < -0.3 is 9.64 Å². The van der Waals surface area contributed by atoms with Crippen LogP contribution in [0.3, 0.4) is 0 Å². The van der Waals surface area contributed by atoms with Crippen molar-refractivity contribution in [3.05, 3.63) is 0 Å². The monoisotopic (exact) mass is 252 g/mol. The van der Waals surface area contributed by atoms with Gasteiger partial charge in [-0.1, -0.05) is 0 Å². The van der Waals surface area contributed by atoms with Crippen molar-refractivity contribution in [1.29, 1.82) is 0 Å². The molecule has 0 N–H and O–H groups in total. The zero-order valence-corrected chi connectivity index (χ0v) is 11.5. The highest BCUT2D eigenvalue weighted by Gasteiger charge is 2.43. The smallest absolute Gasteiger partial charge is 0.225 e. The first-order chi connectivity index (χ1) is 8.63. The minimum atomic E-state index is 0.183. The third-order valence-corrected chi connectivity index (χ3v) is 4.68. The summed E-state index contributed by atoms with van der Waals surface area (Å²) < 4.78 is 6.07. The van der Waals surface area contributed by atoms with E-state index in [1.54, 1.807) is 0 Å². The van der Waals surface area contributed by atoms with Gasteiger partial charge in [-0.15, -0.1) is 0 Å². The van der Waals surface area contributed by atoms with Crippen molar-refractivity contribution in [3.63, 3.8) is 0 Å². The SMILES string of the molecule is CC(C)N1C[C@@H]2C[C@H](CC(=O)N3CCC3)O[C@@H]2C1. The molecule has 3 aliphatic rings. The van der Waals surface area contributed by atoms with Crippen LogP contribution in [-0.2, 0) is 9.53 Å². The van der Waals surface area contributed by atoms with Crippen LogP contribution in [0.2, 0.25) is 0 Å². The van der Waals surface area contributed by atoms with Crippen molar-refractivity contribution in [2.45, 2.75) is 51.4 Å². The zero-order valence-electron chi connectivity index (χ0n) is 11.5. The molecule has 0 aromatic rings. The second-order valence-electron chi connectivity index (χ2n) is 6.28. The highest BCUT2D eigenvalue weighted by molar-refractivity contribution is 5.77. The lowest BCUT2D eigenvalue weighted by molar-refractivity contribution is -0.137. The number of hydrogen-bond donors (Lipinski definition) is 0. The Balaban J connectivity index is 1.47. The Bertz CT molecular complexity index is 314. The molecule has 4 heteroatoms. The van der Waals surface area contributed by atoms with E-state index >= 15 is 0 Å². The van der Waals surface area contributed by atoms with Crippen molar-refractivity contribution >= 4 is 5.91 Å². The lowest BCUT2D eigenvalue weighted by Crippen LogP contribution is -2.43. The normalized spacial score (nSPS) is 35.9. The molecule has 3 saturated heterocycles. The number of ether oxygens (including phenoxy) is 1. The van der Waals surface area contributed by atoms with E-state index in [0.29, 0.717) is 30.4 Å². The van der Waals surface area contributed by atoms with Gasteiger partial charge in [-0.25, -0.2) is 0 Å². The Labute approximate surface area is 109 Å². The summed E-state index contributed by atoms with van der Waals surface area (Å²) in [4.78, 5) is 16.4. The number of fused-ring (bicyclic) bond motifs is 1. The summed E-state index contributed by atoms with van der Waals surface area (Å²) in [5.41, 5.74) is 0. The fourth-order valence-electron chi connectivity index (χ4n) is 3.34. The van der Waals surface area contributed by atoms with Gasteiger partial charge in [0.25, 0.3) is 0 Å². The first-order valence-electron chi connectivity index (χ1n) is 7.31. The van der Waals surface area contributed by atoms with Crippen LogP contribution in [0.15, 0.2) is 0 Å². The van der Waals surface area contributed by atoms with E-state index in [1.165, 1.54) is 6.42 Å². The number of hydrogen-bond acceptors (Lipinski definition) is 3. The molecule has 3 atom stereocenters. The average Bonchev–Trinajstić information content (AvgIpc) is 2.71. The molecule has 18 heavy (non-hydrogen) atoms. The number of likely N-dealkylation sites (tertiary alicyclic amines) is 2. The number of amides is 1. The number of carbonyl (C=O) groups excluding carboxylic acids is 1. The molecule has 0 bridgehead atoms. The molecule has 3 fully saturated rings. The van der Waals surface area contributed by atoms with Crippen LogP contribution in [0.4, 0.5) is 0 Å². The maximum Gasteiger partial charge on any atom is 0.225 e. The second-order valence-corrected chi connectivity index (χ2v) is 6.28. The van der Waals surface area contributed by atoms with Gasteiger partial charge >= 0.3 is 0 Å². The predicted octanol–water partition coefficient (Wildman–Crippen LogP) is 1.11. The Hall–Kier alpha value is -0.610. The van der Waals surface area contributed by atoms with Crippen LogP contribution in [0.5, 0.6) is 0 Å². The maximum atomic E-state index is 11.9. The van der Waals surface area contributed by atoms with E-state index in [2.05, 4.69) is 18.7 Å². The van der Waals surface area contributed by atoms with E-state index in [-0.39, 0.29) is 6.10 Å². The highest BCUT2D eigenvalue weighted by atomic mass is 16.5. The van der Waals surface area contributed by atoms with Gasteiger partial charge in [-0.2, -0.15) is 0 Å². The van der Waals surface area contributed by atoms with E-state index in [0.717, 1.165) is 32.6 Å². The van der Waals surface area contributed by atoms with Crippen LogP contribution in [0.1, 0.15) is 33.1 Å². The summed E-state index contributed by atoms with van der Waals surface area (Å²) in [5, 5.41) is 0. The lowest BCUT2D eigenvalue weighted by Gasteiger charge is -2.32. The van der Waals surface area contributed by atoms with Crippen molar-refractivity contribution in [2.24, 2.45) is 5.92 Å². The van der Waals surface area contributed by atoms with Gasteiger partial charge in [0.1, 0.15) is 0 Å². The minimum absolute atomic E-state index is 0.183. The summed E-state index contributed by atoms with van der Waals surface area (Å²) in [6.45, 7) is 8.60. The molecule has 102 valence electrons. The molecule has 0 spiro atoms. The lowest BCUT2D eigenvalue weighted by atomic mass is 10.0. The standard InChI is InChI=1S/C14H24N2O2/c1-10(2)16-8-11-6-12(18-13(11)9-16)7-14(17)15-4-3-5-15/h10-13H,3-9H2,1-2H3/t11-,12+,13+/m0/s1. The average molecular weight is 252 g/mol. The molecule has 0 unspecified atom stereocenters. The van der Waals surface area contributed by atoms with Crippen molar-refractivity contribution in [2.75, 3.05) is 26.2 Å². The van der Waals surface area contributed by atoms with Gasteiger partial charge in [0.15, 0.2) is 0 Å². The van der Waals surface area contributed by atoms with Crippen LogP contribution in [-0.4, -0.2) is 60.1 Å². The molecule has 0 aromatic heterocycles. The topological polar surface area (TPSA) is 32.8 Å². The summed E-state index contributed by atoms with van der Waals surface area (Å²) in [6, 6.07) is 0.611. The molecular formula is C14H24N2O2. The molecule has 0 aliphatic carbocycles.